The molecule has 9 nitrogen and oxygen atoms in total. The highest BCUT2D eigenvalue weighted by molar-refractivity contribution is 5.91. The molecule has 0 radical (unpaired) electrons. The average Bonchev–Trinajstić information content (AvgIpc) is 2.64. The third-order valence-electron chi connectivity index (χ3n) is 3.83. The van der Waals surface area contributed by atoms with Crippen LogP contribution in [0.15, 0.2) is 30.3 Å². The number of carbonyl (C=O) groups is 4. The van der Waals surface area contributed by atoms with E-state index in [0.717, 1.165) is 5.56 Å². The van der Waals surface area contributed by atoms with Crippen molar-refractivity contribution < 1.29 is 29.0 Å². The summed E-state index contributed by atoms with van der Waals surface area (Å²) in [6.45, 7) is 5.01. The van der Waals surface area contributed by atoms with E-state index in [1.165, 1.54) is 6.92 Å². The van der Waals surface area contributed by atoms with Gasteiger partial charge in [0.05, 0.1) is 6.42 Å². The molecule has 0 saturated heterocycles. The predicted molar refractivity (Wildman–Crippen MR) is 101 cm³/mol. The van der Waals surface area contributed by atoms with Crippen LogP contribution < -0.4 is 16.0 Å². The first-order valence-electron chi connectivity index (χ1n) is 8.97. The Morgan fingerprint density at radius 2 is 1.64 bits per heavy atom. The third-order valence-corrected chi connectivity index (χ3v) is 3.83. The van der Waals surface area contributed by atoms with E-state index in [4.69, 9.17) is 9.84 Å². The third kappa shape index (κ3) is 8.52. The summed E-state index contributed by atoms with van der Waals surface area (Å²) < 4.78 is 5.12. The highest BCUT2D eigenvalue weighted by Gasteiger charge is 2.27. The summed E-state index contributed by atoms with van der Waals surface area (Å²) in [6.07, 6.45) is -0.952. The number of alkyl carbamates (subject to hydrolysis) is 1. The Morgan fingerprint density at radius 3 is 2.21 bits per heavy atom. The van der Waals surface area contributed by atoms with Crippen LogP contribution >= 0.6 is 0 Å². The van der Waals surface area contributed by atoms with Crippen molar-refractivity contribution in [3.63, 3.8) is 0 Å². The Hall–Kier alpha value is -3.10. The number of carboxylic acid groups (broad SMARTS) is 1. The van der Waals surface area contributed by atoms with Crippen LogP contribution in [0.1, 0.15) is 32.8 Å². The van der Waals surface area contributed by atoms with E-state index in [1.807, 2.05) is 30.3 Å². The van der Waals surface area contributed by atoms with Gasteiger partial charge in [-0.05, 0) is 18.4 Å². The fourth-order valence-electron chi connectivity index (χ4n) is 2.24. The van der Waals surface area contributed by atoms with Crippen LogP contribution in [0.5, 0.6) is 0 Å². The van der Waals surface area contributed by atoms with Crippen LogP contribution in [-0.2, 0) is 25.7 Å². The van der Waals surface area contributed by atoms with Gasteiger partial charge in [-0.2, -0.15) is 0 Å². The Labute approximate surface area is 163 Å². The van der Waals surface area contributed by atoms with E-state index >= 15 is 0 Å². The van der Waals surface area contributed by atoms with Crippen LogP contribution in [0.3, 0.4) is 0 Å². The zero-order chi connectivity index (χ0) is 21.1. The van der Waals surface area contributed by atoms with E-state index in [1.54, 1.807) is 13.8 Å². The number of carboxylic acids is 1. The number of benzene rings is 1. The standard InChI is InChI=1S/C19H27N3O6/c1-12(2)16(22-19(27)28-11-14-7-5-4-6-8-14)18(26)21-13(3)17(25)20-10-9-15(23)24/h4-8,12-13,16H,9-11H2,1-3H3,(H,20,25)(H,21,26)(H,22,27)(H,23,24)/t13-,16-/m0/s1. The Kier molecular flexibility index (Phi) is 9.49. The number of aliphatic carboxylic acids is 1. The molecule has 1 rings (SSSR count). The molecule has 4 N–H and O–H groups in total. The van der Waals surface area contributed by atoms with E-state index in [0.29, 0.717) is 0 Å². The normalized spacial score (nSPS) is 12.6. The lowest BCUT2D eigenvalue weighted by atomic mass is 10.0. The molecule has 0 aliphatic rings. The van der Waals surface area contributed by atoms with Crippen molar-refractivity contribution in [2.45, 2.75) is 45.9 Å². The van der Waals surface area contributed by atoms with E-state index in [9.17, 15) is 19.2 Å². The number of carbonyl (C=O) groups excluding carboxylic acids is 3. The maximum Gasteiger partial charge on any atom is 0.408 e. The molecule has 9 heteroatoms. The van der Waals surface area contributed by atoms with E-state index < -0.39 is 36.0 Å². The second kappa shape index (κ2) is 11.6. The lowest BCUT2D eigenvalue weighted by Gasteiger charge is -2.23. The monoisotopic (exact) mass is 393 g/mol. The molecule has 0 spiro atoms. The Balaban J connectivity index is 2.52. The van der Waals surface area contributed by atoms with Crippen molar-refractivity contribution in [1.29, 1.82) is 0 Å². The minimum absolute atomic E-state index is 0.0357. The highest BCUT2D eigenvalue weighted by atomic mass is 16.5. The molecule has 3 amide bonds. The van der Waals surface area contributed by atoms with Gasteiger partial charge in [0, 0.05) is 6.54 Å². The molecule has 0 aliphatic carbocycles. The summed E-state index contributed by atoms with van der Waals surface area (Å²) in [5.74, 6) is -2.32. The molecule has 0 saturated carbocycles. The molecular weight excluding hydrogens is 366 g/mol. The zero-order valence-corrected chi connectivity index (χ0v) is 16.2. The average molecular weight is 393 g/mol. The molecule has 0 heterocycles. The summed E-state index contributed by atoms with van der Waals surface area (Å²) in [4.78, 5) is 46.8. The van der Waals surface area contributed by atoms with Crippen molar-refractivity contribution in [3.8, 4) is 0 Å². The molecule has 0 fully saturated rings. The Morgan fingerprint density at radius 1 is 1.00 bits per heavy atom. The number of hydrogen-bond donors (Lipinski definition) is 4. The number of nitrogens with one attached hydrogen (secondary N) is 3. The molecule has 0 aromatic heterocycles. The SMILES string of the molecule is CC(C)[C@H](NC(=O)OCc1ccccc1)C(=O)N[C@@H](C)C(=O)NCCC(=O)O. The van der Waals surface area contributed by atoms with Gasteiger partial charge in [-0.25, -0.2) is 4.79 Å². The van der Waals surface area contributed by atoms with Crippen LogP contribution in [0.2, 0.25) is 0 Å². The maximum atomic E-state index is 12.4. The molecule has 1 aromatic rings. The molecular formula is C19H27N3O6. The molecule has 2 atom stereocenters. The highest BCUT2D eigenvalue weighted by Crippen LogP contribution is 2.05. The van der Waals surface area contributed by atoms with E-state index in [2.05, 4.69) is 16.0 Å². The van der Waals surface area contributed by atoms with Crippen molar-refractivity contribution >= 4 is 23.9 Å². The topological polar surface area (TPSA) is 134 Å². The van der Waals surface area contributed by atoms with Crippen molar-refractivity contribution in [2.75, 3.05) is 6.54 Å². The van der Waals surface area contributed by atoms with Gasteiger partial charge >= 0.3 is 12.1 Å². The summed E-state index contributed by atoms with van der Waals surface area (Å²) in [5.41, 5.74) is 0.815. The molecule has 0 bridgehead atoms. The van der Waals surface area contributed by atoms with Gasteiger partial charge in [-0.15, -0.1) is 0 Å². The van der Waals surface area contributed by atoms with Gasteiger partial charge in [-0.1, -0.05) is 44.2 Å². The van der Waals surface area contributed by atoms with E-state index in [-0.39, 0.29) is 25.5 Å². The first-order valence-corrected chi connectivity index (χ1v) is 8.97. The quantitative estimate of drug-likeness (QED) is 0.469. The summed E-state index contributed by atoms with van der Waals surface area (Å²) in [5, 5.41) is 16.0. The van der Waals surface area contributed by atoms with Crippen LogP contribution in [0.4, 0.5) is 4.79 Å². The van der Waals surface area contributed by atoms with Crippen molar-refractivity contribution in [1.82, 2.24) is 16.0 Å². The molecule has 154 valence electrons. The minimum Gasteiger partial charge on any atom is -0.481 e. The molecule has 28 heavy (non-hydrogen) atoms. The Bertz CT molecular complexity index is 678. The molecule has 1 aromatic carbocycles. The smallest absolute Gasteiger partial charge is 0.408 e. The summed E-state index contributed by atoms with van der Waals surface area (Å²) in [6, 6.07) is 7.34. The maximum absolute atomic E-state index is 12.4. The van der Waals surface area contributed by atoms with Gasteiger partial charge in [0.15, 0.2) is 0 Å². The number of ether oxygens (including phenoxy) is 1. The van der Waals surface area contributed by atoms with Gasteiger partial charge in [0.25, 0.3) is 0 Å². The summed E-state index contributed by atoms with van der Waals surface area (Å²) in [7, 11) is 0. The van der Waals surface area contributed by atoms with Crippen molar-refractivity contribution in [3.05, 3.63) is 35.9 Å². The first-order chi connectivity index (χ1) is 13.2. The van der Waals surface area contributed by atoms with Crippen LogP contribution in [-0.4, -0.2) is 47.6 Å². The lowest BCUT2D eigenvalue weighted by Crippen LogP contribution is -2.54. The van der Waals surface area contributed by atoms with Crippen LogP contribution in [0.25, 0.3) is 0 Å². The number of rotatable bonds is 10. The molecule has 0 unspecified atom stereocenters. The number of hydrogen-bond acceptors (Lipinski definition) is 5. The van der Waals surface area contributed by atoms with Crippen LogP contribution in [0, 0.1) is 5.92 Å². The fraction of sp³-hybridized carbons (Fsp3) is 0.474. The largest absolute Gasteiger partial charge is 0.481 e. The summed E-state index contributed by atoms with van der Waals surface area (Å²) >= 11 is 0. The predicted octanol–water partition coefficient (Wildman–Crippen LogP) is 1.03. The first kappa shape index (κ1) is 22.9. The second-order valence-electron chi connectivity index (χ2n) is 6.59. The minimum atomic E-state index is -1.03. The lowest BCUT2D eigenvalue weighted by molar-refractivity contribution is -0.137. The van der Waals surface area contributed by atoms with Gasteiger partial charge in [0.1, 0.15) is 18.7 Å². The number of amides is 3. The van der Waals surface area contributed by atoms with Gasteiger partial charge < -0.3 is 25.8 Å². The second-order valence-corrected chi connectivity index (χ2v) is 6.59. The van der Waals surface area contributed by atoms with Gasteiger partial charge in [0.2, 0.25) is 11.8 Å². The fourth-order valence-corrected chi connectivity index (χ4v) is 2.24. The zero-order valence-electron chi connectivity index (χ0n) is 16.2. The molecule has 0 aliphatic heterocycles. The van der Waals surface area contributed by atoms with Crippen molar-refractivity contribution in [2.24, 2.45) is 5.92 Å². The van der Waals surface area contributed by atoms with Gasteiger partial charge in [-0.3, -0.25) is 14.4 Å².